The Hall–Kier alpha value is -2.77. The molecule has 0 saturated heterocycles. The van der Waals surface area contributed by atoms with E-state index in [0.29, 0.717) is 30.6 Å². The van der Waals surface area contributed by atoms with E-state index in [9.17, 15) is 4.79 Å². The number of rotatable bonds is 7. The third-order valence-corrected chi connectivity index (χ3v) is 3.25. The molecular weight excluding hydrogens is 300 g/mol. The summed E-state index contributed by atoms with van der Waals surface area (Å²) < 4.78 is 12.4. The van der Waals surface area contributed by atoms with Gasteiger partial charge in [0.2, 0.25) is 5.95 Å². The Morgan fingerprint density at radius 3 is 2.74 bits per heavy atom. The third kappa shape index (κ3) is 3.53. The lowest BCUT2D eigenvalue weighted by molar-refractivity contribution is 0.0683. The molecule has 0 atom stereocenters. The number of anilines is 1. The highest BCUT2D eigenvalue weighted by Crippen LogP contribution is 2.32. The van der Waals surface area contributed by atoms with Crippen molar-refractivity contribution in [1.82, 2.24) is 14.8 Å². The molecule has 1 aromatic carbocycles. The van der Waals surface area contributed by atoms with Crippen LogP contribution < -0.4 is 14.4 Å². The first-order chi connectivity index (χ1) is 11.0. The number of carboxylic acid groups (broad SMARTS) is 1. The lowest BCUT2D eigenvalue weighted by atomic mass is 10.1. The van der Waals surface area contributed by atoms with Crippen molar-refractivity contribution in [2.24, 2.45) is 7.05 Å². The molecule has 1 heterocycles. The summed E-state index contributed by atoms with van der Waals surface area (Å²) in [5, 5.41) is 12.9. The maximum absolute atomic E-state index is 11.0. The molecule has 2 aromatic rings. The van der Waals surface area contributed by atoms with Crippen LogP contribution in [-0.2, 0) is 13.6 Å². The van der Waals surface area contributed by atoms with Crippen molar-refractivity contribution >= 4 is 11.9 Å². The van der Waals surface area contributed by atoms with Gasteiger partial charge >= 0.3 is 5.97 Å². The van der Waals surface area contributed by atoms with E-state index in [1.54, 1.807) is 19.1 Å². The van der Waals surface area contributed by atoms with Crippen LogP contribution in [0.15, 0.2) is 18.2 Å². The first-order valence-corrected chi connectivity index (χ1v) is 7.12. The number of ether oxygens (including phenoxy) is 2. The minimum atomic E-state index is -1.16. The molecule has 8 nitrogen and oxygen atoms in total. The van der Waals surface area contributed by atoms with E-state index in [1.165, 1.54) is 4.68 Å². The first-order valence-electron chi connectivity index (χ1n) is 7.12. The van der Waals surface area contributed by atoms with Crippen molar-refractivity contribution in [3.63, 3.8) is 0 Å². The minimum absolute atomic E-state index is 0.231. The molecule has 8 heteroatoms. The van der Waals surface area contributed by atoms with Crippen LogP contribution in [0.2, 0.25) is 0 Å². The fourth-order valence-electron chi connectivity index (χ4n) is 2.28. The maximum atomic E-state index is 11.0. The second kappa shape index (κ2) is 6.99. The van der Waals surface area contributed by atoms with Crippen molar-refractivity contribution in [3.8, 4) is 11.5 Å². The average Bonchev–Trinajstić information content (AvgIpc) is 2.91. The van der Waals surface area contributed by atoms with E-state index >= 15 is 0 Å². The molecule has 124 valence electrons. The standard InChI is InChI=1S/C15H20N4O4/c1-5-23-12-10(7-6-8-11(12)22-4)9-18(2)15-16-13(14(20)21)17-19(15)3/h6-8H,5,9H2,1-4H3,(H,20,21). The van der Waals surface area contributed by atoms with Crippen LogP contribution in [0.25, 0.3) is 0 Å². The highest BCUT2D eigenvalue weighted by atomic mass is 16.5. The van der Waals surface area contributed by atoms with Crippen LogP contribution in [0.1, 0.15) is 23.1 Å². The second-order valence-electron chi connectivity index (χ2n) is 4.90. The number of hydrogen-bond donors (Lipinski definition) is 1. The summed E-state index contributed by atoms with van der Waals surface area (Å²) in [7, 11) is 5.05. The van der Waals surface area contributed by atoms with Gasteiger partial charge in [-0.15, -0.1) is 5.10 Å². The third-order valence-electron chi connectivity index (χ3n) is 3.25. The number of aromatic nitrogens is 3. The lowest BCUT2D eigenvalue weighted by Gasteiger charge is -2.20. The molecule has 0 fully saturated rings. The number of methoxy groups -OCH3 is 1. The quantitative estimate of drug-likeness (QED) is 0.828. The molecule has 0 saturated carbocycles. The minimum Gasteiger partial charge on any atom is -0.493 e. The zero-order chi connectivity index (χ0) is 17.0. The maximum Gasteiger partial charge on any atom is 0.375 e. The fourth-order valence-corrected chi connectivity index (χ4v) is 2.28. The van der Waals surface area contributed by atoms with Gasteiger partial charge < -0.3 is 19.5 Å². The number of carboxylic acids is 1. The van der Waals surface area contributed by atoms with Crippen molar-refractivity contribution in [3.05, 3.63) is 29.6 Å². The fraction of sp³-hybridized carbons (Fsp3) is 0.400. The van der Waals surface area contributed by atoms with Gasteiger partial charge in [0, 0.05) is 26.2 Å². The SMILES string of the molecule is CCOc1c(CN(C)c2nc(C(=O)O)nn2C)cccc1OC. The number of carbonyl (C=O) groups is 1. The van der Waals surface area contributed by atoms with Crippen LogP contribution in [0.3, 0.4) is 0 Å². The smallest absolute Gasteiger partial charge is 0.375 e. The monoisotopic (exact) mass is 320 g/mol. The van der Waals surface area contributed by atoms with Crippen molar-refractivity contribution in [2.75, 3.05) is 25.7 Å². The molecule has 0 aliphatic carbocycles. The van der Waals surface area contributed by atoms with Gasteiger partial charge in [-0.3, -0.25) is 0 Å². The summed E-state index contributed by atoms with van der Waals surface area (Å²) in [4.78, 5) is 16.8. The summed E-state index contributed by atoms with van der Waals surface area (Å²) in [6.45, 7) is 2.89. The van der Waals surface area contributed by atoms with E-state index in [2.05, 4.69) is 10.1 Å². The molecule has 1 N–H and O–H groups in total. The second-order valence-corrected chi connectivity index (χ2v) is 4.90. The molecule has 0 aliphatic rings. The van der Waals surface area contributed by atoms with Gasteiger partial charge in [0.25, 0.3) is 5.82 Å². The number of benzene rings is 1. The number of para-hydroxylation sites is 1. The Balaban J connectivity index is 2.30. The Kier molecular flexibility index (Phi) is 5.05. The first kappa shape index (κ1) is 16.6. The van der Waals surface area contributed by atoms with Gasteiger partial charge in [-0.05, 0) is 13.0 Å². The highest BCUT2D eigenvalue weighted by molar-refractivity contribution is 5.83. The molecule has 23 heavy (non-hydrogen) atoms. The molecule has 0 bridgehead atoms. The number of hydrogen-bond acceptors (Lipinski definition) is 6. The summed E-state index contributed by atoms with van der Waals surface area (Å²) >= 11 is 0. The zero-order valence-electron chi connectivity index (χ0n) is 13.6. The van der Waals surface area contributed by atoms with Crippen LogP contribution in [0.4, 0.5) is 5.95 Å². The molecule has 0 spiro atoms. The van der Waals surface area contributed by atoms with E-state index in [0.717, 1.165) is 5.56 Å². The van der Waals surface area contributed by atoms with Crippen molar-refractivity contribution < 1.29 is 19.4 Å². The summed E-state index contributed by atoms with van der Waals surface area (Å²) in [6.07, 6.45) is 0. The van der Waals surface area contributed by atoms with Gasteiger partial charge in [0.05, 0.1) is 13.7 Å². The number of aromatic carboxylic acids is 1. The molecular formula is C15H20N4O4. The summed E-state index contributed by atoms with van der Waals surface area (Å²) in [5.74, 6) is 0.390. The van der Waals surface area contributed by atoms with Crippen LogP contribution in [0, 0.1) is 0 Å². The highest BCUT2D eigenvalue weighted by Gasteiger charge is 2.18. The molecule has 0 unspecified atom stereocenters. The largest absolute Gasteiger partial charge is 0.493 e. The Bertz CT molecular complexity index is 699. The molecule has 0 radical (unpaired) electrons. The van der Waals surface area contributed by atoms with Crippen LogP contribution in [-0.4, -0.2) is 46.6 Å². The normalized spacial score (nSPS) is 10.4. The molecule has 0 amide bonds. The van der Waals surface area contributed by atoms with Gasteiger partial charge in [0.15, 0.2) is 11.5 Å². The molecule has 2 rings (SSSR count). The van der Waals surface area contributed by atoms with Crippen LogP contribution in [0.5, 0.6) is 11.5 Å². The van der Waals surface area contributed by atoms with E-state index in [1.807, 2.05) is 32.2 Å². The number of nitrogens with zero attached hydrogens (tertiary/aromatic N) is 4. The van der Waals surface area contributed by atoms with E-state index in [-0.39, 0.29) is 5.82 Å². The number of aryl methyl sites for hydroxylation is 1. The predicted molar refractivity (Wildman–Crippen MR) is 84.2 cm³/mol. The zero-order valence-corrected chi connectivity index (χ0v) is 13.6. The van der Waals surface area contributed by atoms with E-state index < -0.39 is 5.97 Å². The topological polar surface area (TPSA) is 89.7 Å². The van der Waals surface area contributed by atoms with Crippen LogP contribution >= 0.6 is 0 Å². The van der Waals surface area contributed by atoms with Crippen molar-refractivity contribution in [2.45, 2.75) is 13.5 Å². The van der Waals surface area contributed by atoms with Gasteiger partial charge in [-0.1, -0.05) is 12.1 Å². The van der Waals surface area contributed by atoms with Gasteiger partial charge in [0.1, 0.15) is 0 Å². The molecule has 1 aromatic heterocycles. The Labute approximate surface area is 134 Å². The average molecular weight is 320 g/mol. The Morgan fingerprint density at radius 2 is 2.17 bits per heavy atom. The molecule has 0 aliphatic heterocycles. The van der Waals surface area contributed by atoms with E-state index in [4.69, 9.17) is 14.6 Å². The predicted octanol–water partition coefficient (Wildman–Crippen LogP) is 1.56. The lowest BCUT2D eigenvalue weighted by Crippen LogP contribution is -2.21. The van der Waals surface area contributed by atoms with Crippen molar-refractivity contribution in [1.29, 1.82) is 0 Å². The van der Waals surface area contributed by atoms with Gasteiger partial charge in [-0.25, -0.2) is 9.48 Å². The summed E-state index contributed by atoms with van der Waals surface area (Å²) in [6, 6.07) is 5.64. The Morgan fingerprint density at radius 1 is 1.43 bits per heavy atom. The van der Waals surface area contributed by atoms with Gasteiger partial charge in [-0.2, -0.15) is 4.98 Å². The summed E-state index contributed by atoms with van der Waals surface area (Å²) in [5.41, 5.74) is 0.911.